The molecule has 0 aliphatic carbocycles. The molecule has 20 heavy (non-hydrogen) atoms. The fourth-order valence-electron chi connectivity index (χ4n) is 1.33. The molecule has 0 aliphatic rings. The average Bonchev–Trinajstić information content (AvgIpc) is 2.86. The number of rotatable bonds is 4. The number of nitrogens with zero attached hydrogens (tertiary/aromatic N) is 3. The minimum absolute atomic E-state index is 0.0593. The molecule has 0 saturated carbocycles. The summed E-state index contributed by atoms with van der Waals surface area (Å²) in [5, 5.41) is 21.5. The Morgan fingerprint density at radius 1 is 1.35 bits per heavy atom. The lowest BCUT2D eigenvalue weighted by Gasteiger charge is -2.04. The third-order valence-electron chi connectivity index (χ3n) is 2.22. The van der Waals surface area contributed by atoms with E-state index in [-0.39, 0.29) is 17.6 Å². The van der Waals surface area contributed by atoms with Gasteiger partial charge in [0.05, 0.1) is 12.0 Å². The lowest BCUT2D eigenvalue weighted by molar-refractivity contribution is -0.384. The number of aromatic nitrogens is 3. The Hall–Kier alpha value is -3.17. The van der Waals surface area contributed by atoms with Crippen LogP contribution in [0.4, 0.5) is 22.1 Å². The summed E-state index contributed by atoms with van der Waals surface area (Å²) >= 11 is 0. The van der Waals surface area contributed by atoms with Crippen LogP contribution in [0.1, 0.15) is 0 Å². The second-order valence-corrected chi connectivity index (χ2v) is 3.55. The predicted octanol–water partition coefficient (Wildman–Crippen LogP) is 1.37. The third kappa shape index (κ3) is 3.19. The third-order valence-corrected chi connectivity index (χ3v) is 2.22. The van der Waals surface area contributed by atoms with Gasteiger partial charge in [-0.25, -0.2) is 9.89 Å². The number of carbonyl (C=O) groups is 1. The molecule has 104 valence electrons. The van der Waals surface area contributed by atoms with E-state index in [1.807, 2.05) is 0 Å². The van der Waals surface area contributed by atoms with E-state index in [4.69, 9.17) is 4.74 Å². The van der Waals surface area contributed by atoms with Crippen molar-refractivity contribution in [3.05, 3.63) is 34.4 Å². The molecular weight excluding hydrogens is 268 g/mol. The van der Waals surface area contributed by atoms with Crippen LogP contribution in [0.3, 0.4) is 0 Å². The van der Waals surface area contributed by atoms with E-state index in [9.17, 15) is 14.9 Å². The maximum absolute atomic E-state index is 11.6. The molecule has 0 saturated heterocycles. The standard InChI is InChI=1S/C10H10N6O4/c1-20-10-13-8(14-15-10)12-9(17)11-6-2-4-7(5-3-6)16(18)19/h2-5H,1H3,(H3,11,12,13,14,15,17). The number of hydrogen-bond acceptors (Lipinski definition) is 6. The van der Waals surface area contributed by atoms with E-state index < -0.39 is 11.0 Å². The lowest BCUT2D eigenvalue weighted by Crippen LogP contribution is -2.20. The SMILES string of the molecule is COc1n[nH]c(NC(=O)Nc2ccc([N+](=O)[O-])cc2)n1. The normalized spacial score (nSPS) is 9.85. The van der Waals surface area contributed by atoms with Gasteiger partial charge in [-0.3, -0.25) is 15.4 Å². The quantitative estimate of drug-likeness (QED) is 0.570. The number of hydrogen-bond donors (Lipinski definition) is 3. The number of nitro groups is 1. The first kappa shape index (κ1) is 13.3. The van der Waals surface area contributed by atoms with E-state index in [2.05, 4.69) is 25.8 Å². The highest BCUT2D eigenvalue weighted by Crippen LogP contribution is 2.15. The largest absolute Gasteiger partial charge is 0.466 e. The minimum atomic E-state index is -0.572. The van der Waals surface area contributed by atoms with Gasteiger partial charge in [-0.05, 0) is 12.1 Å². The smallest absolute Gasteiger partial charge is 0.336 e. The van der Waals surface area contributed by atoms with Gasteiger partial charge in [-0.1, -0.05) is 0 Å². The van der Waals surface area contributed by atoms with Gasteiger partial charge in [0.15, 0.2) is 0 Å². The first-order chi connectivity index (χ1) is 9.58. The summed E-state index contributed by atoms with van der Waals surface area (Å²) in [4.78, 5) is 25.4. The maximum atomic E-state index is 11.6. The summed E-state index contributed by atoms with van der Waals surface area (Å²) in [6, 6.07) is 4.92. The van der Waals surface area contributed by atoms with Crippen molar-refractivity contribution in [3.8, 4) is 6.01 Å². The van der Waals surface area contributed by atoms with Crippen molar-refractivity contribution in [1.29, 1.82) is 0 Å². The molecule has 2 rings (SSSR count). The zero-order chi connectivity index (χ0) is 14.5. The average molecular weight is 278 g/mol. The van der Waals surface area contributed by atoms with Crippen LogP contribution in [0, 0.1) is 10.1 Å². The Balaban J connectivity index is 1.95. The van der Waals surface area contributed by atoms with Crippen molar-refractivity contribution < 1.29 is 14.5 Å². The maximum Gasteiger partial charge on any atom is 0.336 e. The molecule has 0 unspecified atom stereocenters. The number of methoxy groups -OCH3 is 1. The highest BCUT2D eigenvalue weighted by atomic mass is 16.6. The van der Waals surface area contributed by atoms with E-state index in [1.54, 1.807) is 0 Å². The summed E-state index contributed by atoms with van der Waals surface area (Å²) in [5.41, 5.74) is 0.343. The molecule has 3 N–H and O–H groups in total. The molecule has 0 radical (unpaired) electrons. The summed E-state index contributed by atoms with van der Waals surface area (Å²) < 4.78 is 4.74. The Morgan fingerprint density at radius 3 is 2.60 bits per heavy atom. The monoisotopic (exact) mass is 278 g/mol. The first-order valence-electron chi connectivity index (χ1n) is 5.37. The topological polar surface area (TPSA) is 135 Å². The van der Waals surface area contributed by atoms with E-state index in [0.29, 0.717) is 5.69 Å². The summed E-state index contributed by atoms with van der Waals surface area (Å²) in [7, 11) is 1.39. The van der Waals surface area contributed by atoms with Crippen molar-refractivity contribution in [2.45, 2.75) is 0 Å². The number of non-ortho nitro benzene ring substituents is 1. The number of aromatic amines is 1. The molecule has 2 amide bonds. The molecule has 10 nitrogen and oxygen atoms in total. The van der Waals surface area contributed by atoms with Crippen LogP contribution in [0.25, 0.3) is 0 Å². The number of benzene rings is 1. The number of H-pyrrole nitrogens is 1. The van der Waals surface area contributed by atoms with Crippen molar-refractivity contribution in [1.82, 2.24) is 15.2 Å². The van der Waals surface area contributed by atoms with Crippen molar-refractivity contribution >= 4 is 23.4 Å². The molecule has 10 heteroatoms. The Bertz CT molecular complexity index is 623. The molecule has 0 bridgehead atoms. The van der Waals surface area contributed by atoms with Gasteiger partial charge in [0.25, 0.3) is 5.69 Å². The van der Waals surface area contributed by atoms with Gasteiger partial charge in [0, 0.05) is 17.8 Å². The van der Waals surface area contributed by atoms with Gasteiger partial charge < -0.3 is 10.1 Å². The molecule has 0 atom stereocenters. The Morgan fingerprint density at radius 2 is 2.05 bits per heavy atom. The molecular formula is C10H10N6O4. The van der Waals surface area contributed by atoms with Gasteiger partial charge in [0.2, 0.25) is 5.95 Å². The van der Waals surface area contributed by atoms with Crippen molar-refractivity contribution in [3.63, 3.8) is 0 Å². The summed E-state index contributed by atoms with van der Waals surface area (Å²) in [5.74, 6) is 0.112. The van der Waals surface area contributed by atoms with Gasteiger partial charge in [0.1, 0.15) is 0 Å². The summed E-state index contributed by atoms with van der Waals surface area (Å²) in [6.07, 6.45) is 0. The first-order valence-corrected chi connectivity index (χ1v) is 5.37. The van der Waals surface area contributed by atoms with Crippen LogP contribution in [0.5, 0.6) is 6.01 Å². The second-order valence-electron chi connectivity index (χ2n) is 3.55. The molecule has 0 fully saturated rings. The Labute approximate surface area is 112 Å². The van der Waals surface area contributed by atoms with Gasteiger partial charge >= 0.3 is 12.0 Å². The number of urea groups is 1. The van der Waals surface area contributed by atoms with E-state index >= 15 is 0 Å². The highest BCUT2D eigenvalue weighted by molar-refractivity contribution is 5.98. The lowest BCUT2D eigenvalue weighted by atomic mass is 10.3. The zero-order valence-corrected chi connectivity index (χ0v) is 10.3. The minimum Gasteiger partial charge on any atom is -0.466 e. The van der Waals surface area contributed by atoms with E-state index in [0.717, 1.165) is 0 Å². The van der Waals surface area contributed by atoms with Crippen LogP contribution >= 0.6 is 0 Å². The Kier molecular flexibility index (Phi) is 3.75. The van der Waals surface area contributed by atoms with Crippen molar-refractivity contribution in [2.75, 3.05) is 17.7 Å². The molecule has 1 heterocycles. The number of amides is 2. The molecule has 1 aromatic heterocycles. The van der Waals surface area contributed by atoms with Crippen LogP contribution in [-0.4, -0.2) is 33.2 Å². The molecule has 2 aromatic rings. The van der Waals surface area contributed by atoms with Gasteiger partial charge in [-0.2, -0.15) is 4.98 Å². The number of nitrogens with one attached hydrogen (secondary N) is 3. The fourth-order valence-corrected chi connectivity index (χ4v) is 1.33. The number of ether oxygens (including phenoxy) is 1. The number of carbonyl (C=O) groups excluding carboxylic acids is 1. The summed E-state index contributed by atoms with van der Waals surface area (Å²) in [6.45, 7) is 0. The van der Waals surface area contributed by atoms with Crippen LogP contribution in [-0.2, 0) is 0 Å². The fraction of sp³-hybridized carbons (Fsp3) is 0.100. The van der Waals surface area contributed by atoms with Gasteiger partial charge in [-0.15, -0.1) is 5.10 Å². The zero-order valence-electron chi connectivity index (χ0n) is 10.3. The second kappa shape index (κ2) is 5.65. The molecule has 0 aliphatic heterocycles. The predicted molar refractivity (Wildman–Crippen MR) is 68.7 cm³/mol. The van der Waals surface area contributed by atoms with Crippen LogP contribution in [0.15, 0.2) is 24.3 Å². The molecule has 0 spiro atoms. The van der Waals surface area contributed by atoms with Crippen LogP contribution in [0.2, 0.25) is 0 Å². The van der Waals surface area contributed by atoms with E-state index in [1.165, 1.54) is 31.4 Å². The highest BCUT2D eigenvalue weighted by Gasteiger charge is 2.09. The molecule has 1 aromatic carbocycles. The number of anilines is 2. The van der Waals surface area contributed by atoms with Crippen molar-refractivity contribution in [2.24, 2.45) is 0 Å². The van der Waals surface area contributed by atoms with Crippen LogP contribution < -0.4 is 15.4 Å². The number of nitro benzene ring substituents is 1.